The Kier molecular flexibility index (Phi) is 5.38. The molecule has 0 unspecified atom stereocenters. The molecule has 1 N–H and O–H groups in total. The molecule has 2 heterocycles. The Balaban J connectivity index is 1.43. The normalized spacial score (nSPS) is 15.1. The van der Waals surface area contributed by atoms with Gasteiger partial charge in [0.1, 0.15) is 17.1 Å². The van der Waals surface area contributed by atoms with E-state index in [4.69, 9.17) is 17.0 Å². The zero-order valence-electron chi connectivity index (χ0n) is 17.3. The van der Waals surface area contributed by atoms with Gasteiger partial charge in [-0.2, -0.15) is 0 Å². The van der Waals surface area contributed by atoms with Crippen molar-refractivity contribution in [1.82, 2.24) is 10.3 Å². The van der Waals surface area contributed by atoms with Crippen LogP contribution in [0.1, 0.15) is 5.69 Å². The van der Waals surface area contributed by atoms with Crippen molar-refractivity contribution in [3.05, 3.63) is 102 Å². The molecule has 0 saturated carbocycles. The summed E-state index contributed by atoms with van der Waals surface area (Å²) in [5.41, 5.74) is 1.75. The minimum atomic E-state index is -0.555. The van der Waals surface area contributed by atoms with E-state index in [1.54, 1.807) is 30.3 Å². The van der Waals surface area contributed by atoms with E-state index in [1.165, 1.54) is 11.0 Å². The Morgan fingerprint density at radius 2 is 1.52 bits per heavy atom. The molecule has 0 radical (unpaired) electrons. The molecule has 1 saturated heterocycles. The van der Waals surface area contributed by atoms with Gasteiger partial charge in [-0.3, -0.25) is 19.8 Å². The fourth-order valence-corrected chi connectivity index (χ4v) is 3.77. The Labute approximate surface area is 195 Å². The SMILES string of the molecule is O=C1NC(=S)N(c2ccc(Oc3ccccc3)cc2)C(=O)C1=Cc1ccc2ccccc2n1. The molecule has 5 rings (SSSR count). The lowest BCUT2D eigenvalue weighted by atomic mass is 10.1. The summed E-state index contributed by atoms with van der Waals surface area (Å²) >= 11 is 5.28. The first-order chi connectivity index (χ1) is 16.1. The van der Waals surface area contributed by atoms with Gasteiger partial charge in [0.25, 0.3) is 11.8 Å². The van der Waals surface area contributed by atoms with Gasteiger partial charge in [0.15, 0.2) is 5.11 Å². The molecule has 33 heavy (non-hydrogen) atoms. The summed E-state index contributed by atoms with van der Waals surface area (Å²) in [6, 6.07) is 27.6. The number of pyridine rings is 1. The first-order valence-electron chi connectivity index (χ1n) is 10.2. The molecular formula is C26H17N3O3S. The van der Waals surface area contributed by atoms with Crippen LogP contribution in [0.3, 0.4) is 0 Å². The van der Waals surface area contributed by atoms with E-state index < -0.39 is 11.8 Å². The molecule has 1 fully saturated rings. The van der Waals surface area contributed by atoms with Crippen molar-refractivity contribution in [1.29, 1.82) is 0 Å². The average Bonchev–Trinajstić information content (AvgIpc) is 2.83. The van der Waals surface area contributed by atoms with Gasteiger partial charge >= 0.3 is 0 Å². The van der Waals surface area contributed by atoms with Crippen LogP contribution in [-0.4, -0.2) is 21.9 Å². The van der Waals surface area contributed by atoms with Gasteiger partial charge in [0.05, 0.1) is 16.9 Å². The minimum absolute atomic E-state index is 0.0188. The van der Waals surface area contributed by atoms with Crippen LogP contribution in [0.4, 0.5) is 5.69 Å². The lowest BCUT2D eigenvalue weighted by Crippen LogP contribution is -2.54. The van der Waals surface area contributed by atoms with Crippen molar-refractivity contribution in [2.45, 2.75) is 0 Å². The number of para-hydroxylation sites is 2. The van der Waals surface area contributed by atoms with Gasteiger partial charge in [-0.15, -0.1) is 0 Å². The summed E-state index contributed by atoms with van der Waals surface area (Å²) in [5, 5.41) is 3.58. The zero-order chi connectivity index (χ0) is 22.8. The fourth-order valence-electron chi connectivity index (χ4n) is 3.49. The van der Waals surface area contributed by atoms with E-state index in [9.17, 15) is 9.59 Å². The van der Waals surface area contributed by atoms with Gasteiger partial charge < -0.3 is 4.74 Å². The molecule has 0 aliphatic carbocycles. The van der Waals surface area contributed by atoms with Crippen LogP contribution in [0.2, 0.25) is 0 Å². The molecule has 1 aromatic heterocycles. The lowest BCUT2D eigenvalue weighted by Gasteiger charge is -2.29. The number of anilines is 1. The number of nitrogens with one attached hydrogen (secondary N) is 1. The summed E-state index contributed by atoms with van der Waals surface area (Å²) in [5.74, 6) is 0.242. The van der Waals surface area contributed by atoms with E-state index in [1.807, 2.05) is 60.7 Å². The minimum Gasteiger partial charge on any atom is -0.457 e. The quantitative estimate of drug-likeness (QED) is 0.273. The molecule has 1 aliphatic rings. The smallest absolute Gasteiger partial charge is 0.270 e. The molecule has 1 aliphatic heterocycles. The first-order valence-corrected chi connectivity index (χ1v) is 10.6. The number of amides is 2. The van der Waals surface area contributed by atoms with Crippen LogP contribution < -0.4 is 15.0 Å². The zero-order valence-corrected chi connectivity index (χ0v) is 18.1. The predicted octanol–water partition coefficient (Wildman–Crippen LogP) is 4.86. The van der Waals surface area contributed by atoms with Crippen molar-refractivity contribution >= 4 is 51.8 Å². The van der Waals surface area contributed by atoms with Crippen LogP contribution in [0.15, 0.2) is 96.6 Å². The second kappa shape index (κ2) is 8.64. The summed E-state index contributed by atoms with van der Waals surface area (Å²) in [6.07, 6.45) is 1.48. The third kappa shape index (κ3) is 4.22. The first kappa shape index (κ1) is 20.5. The van der Waals surface area contributed by atoms with Gasteiger partial charge in [-0.1, -0.05) is 42.5 Å². The molecule has 0 bridgehead atoms. The number of aromatic nitrogens is 1. The van der Waals surface area contributed by atoms with Crippen LogP contribution in [-0.2, 0) is 9.59 Å². The van der Waals surface area contributed by atoms with Crippen LogP contribution in [0.5, 0.6) is 11.5 Å². The molecule has 2 amide bonds. The maximum atomic E-state index is 13.2. The van der Waals surface area contributed by atoms with E-state index in [0.717, 1.165) is 10.9 Å². The number of thiocarbonyl (C=S) groups is 1. The Morgan fingerprint density at radius 1 is 0.818 bits per heavy atom. The highest BCUT2D eigenvalue weighted by Gasteiger charge is 2.34. The number of benzene rings is 3. The Morgan fingerprint density at radius 3 is 2.30 bits per heavy atom. The molecule has 4 aromatic rings. The van der Waals surface area contributed by atoms with Crippen molar-refractivity contribution in [3.8, 4) is 11.5 Å². The second-order valence-corrected chi connectivity index (χ2v) is 7.68. The number of carbonyl (C=O) groups excluding carboxylic acids is 2. The number of carbonyl (C=O) groups is 2. The van der Waals surface area contributed by atoms with Gasteiger partial charge in [0, 0.05) is 5.39 Å². The number of hydrogen-bond donors (Lipinski definition) is 1. The standard InChI is InChI=1S/C26H17N3O3S/c30-24-22(16-18-11-10-17-6-4-5-9-23(17)27-18)25(31)29(26(33)28-24)19-12-14-21(15-13-19)32-20-7-2-1-3-8-20/h1-16H,(H,28,30,33). The highest BCUT2D eigenvalue weighted by atomic mass is 32.1. The monoisotopic (exact) mass is 451 g/mol. The largest absolute Gasteiger partial charge is 0.457 e. The summed E-state index contributed by atoms with van der Waals surface area (Å²) in [7, 11) is 0. The van der Waals surface area contributed by atoms with Crippen molar-refractivity contribution in [2.24, 2.45) is 0 Å². The Hall–Kier alpha value is -4.36. The third-order valence-corrected chi connectivity index (χ3v) is 5.37. The lowest BCUT2D eigenvalue weighted by molar-refractivity contribution is -0.122. The molecule has 0 atom stereocenters. The number of rotatable bonds is 4. The van der Waals surface area contributed by atoms with Crippen LogP contribution in [0.25, 0.3) is 17.0 Å². The summed E-state index contributed by atoms with van der Waals surface area (Å²) < 4.78 is 5.80. The summed E-state index contributed by atoms with van der Waals surface area (Å²) in [4.78, 5) is 31.6. The molecular weight excluding hydrogens is 434 g/mol. The molecule has 6 nitrogen and oxygen atoms in total. The molecule has 3 aromatic carbocycles. The summed E-state index contributed by atoms with van der Waals surface area (Å²) in [6.45, 7) is 0. The molecule has 160 valence electrons. The van der Waals surface area contributed by atoms with Gasteiger partial charge in [0.2, 0.25) is 0 Å². The topological polar surface area (TPSA) is 71.5 Å². The van der Waals surface area contributed by atoms with Gasteiger partial charge in [-0.25, -0.2) is 4.98 Å². The van der Waals surface area contributed by atoms with Crippen molar-refractivity contribution < 1.29 is 14.3 Å². The van der Waals surface area contributed by atoms with Crippen LogP contribution in [0, 0.1) is 0 Å². The third-order valence-electron chi connectivity index (χ3n) is 5.09. The van der Waals surface area contributed by atoms with E-state index in [-0.39, 0.29) is 10.7 Å². The second-order valence-electron chi connectivity index (χ2n) is 7.30. The average molecular weight is 452 g/mol. The molecule has 7 heteroatoms. The van der Waals surface area contributed by atoms with Crippen LogP contribution >= 0.6 is 12.2 Å². The fraction of sp³-hybridized carbons (Fsp3) is 0. The van der Waals surface area contributed by atoms with E-state index in [0.29, 0.717) is 22.9 Å². The molecule has 0 spiro atoms. The number of ether oxygens (including phenoxy) is 1. The maximum Gasteiger partial charge on any atom is 0.270 e. The van der Waals surface area contributed by atoms with E-state index >= 15 is 0 Å². The Bertz CT molecular complexity index is 1420. The van der Waals surface area contributed by atoms with E-state index in [2.05, 4.69) is 10.3 Å². The highest BCUT2D eigenvalue weighted by molar-refractivity contribution is 7.80. The number of hydrogen-bond acceptors (Lipinski definition) is 5. The van der Waals surface area contributed by atoms with Crippen molar-refractivity contribution in [2.75, 3.05) is 4.90 Å². The maximum absolute atomic E-state index is 13.2. The predicted molar refractivity (Wildman–Crippen MR) is 131 cm³/mol. The number of nitrogens with zero attached hydrogens (tertiary/aromatic N) is 2. The van der Waals surface area contributed by atoms with Gasteiger partial charge in [-0.05, 0) is 66.8 Å². The van der Waals surface area contributed by atoms with Crippen molar-refractivity contribution in [3.63, 3.8) is 0 Å². The highest BCUT2D eigenvalue weighted by Crippen LogP contribution is 2.27. The number of fused-ring (bicyclic) bond motifs is 1.